The highest BCUT2D eigenvalue weighted by molar-refractivity contribution is 7.80. The van der Waals surface area contributed by atoms with Crippen molar-refractivity contribution in [3.8, 4) is 11.3 Å². The van der Waals surface area contributed by atoms with Gasteiger partial charge in [-0.2, -0.15) is 5.10 Å². The number of para-hydroxylation sites is 1. The monoisotopic (exact) mass is 322 g/mol. The molecule has 3 rings (SSSR count). The lowest BCUT2D eigenvalue weighted by atomic mass is 10.1. The molecule has 0 unspecified atom stereocenters. The van der Waals surface area contributed by atoms with Crippen LogP contribution in [0.25, 0.3) is 22.2 Å². The molecule has 0 atom stereocenters. The van der Waals surface area contributed by atoms with Crippen LogP contribution in [0.15, 0.2) is 59.7 Å². The Bertz CT molecular complexity index is 865. The molecule has 0 saturated carbocycles. The van der Waals surface area contributed by atoms with Gasteiger partial charge in [-0.3, -0.25) is 5.43 Å². The van der Waals surface area contributed by atoms with Gasteiger partial charge in [-0.1, -0.05) is 48.5 Å². The summed E-state index contributed by atoms with van der Waals surface area (Å²) in [6.07, 6.45) is 1.83. The Morgan fingerprint density at radius 2 is 1.78 bits per heavy atom. The summed E-state index contributed by atoms with van der Waals surface area (Å²) in [6, 6.07) is 18.6. The zero-order valence-corrected chi connectivity index (χ0v) is 13.9. The zero-order valence-electron chi connectivity index (χ0n) is 13.1. The summed E-state index contributed by atoms with van der Waals surface area (Å²) in [5, 5.41) is 8.76. The highest BCUT2D eigenvalue weighted by atomic mass is 32.1. The van der Waals surface area contributed by atoms with E-state index >= 15 is 0 Å². The average Bonchev–Trinajstić information content (AvgIpc) is 2.88. The van der Waals surface area contributed by atoms with Crippen LogP contribution in [0, 0.1) is 0 Å². The van der Waals surface area contributed by atoms with Gasteiger partial charge in [0.1, 0.15) is 0 Å². The molecular formula is C18H18N4S. The van der Waals surface area contributed by atoms with Crippen molar-refractivity contribution in [2.75, 3.05) is 7.05 Å². The quantitative estimate of drug-likeness (QED) is 0.442. The fourth-order valence-corrected chi connectivity index (χ4v) is 2.76. The average molecular weight is 322 g/mol. The predicted octanol–water partition coefficient (Wildman–Crippen LogP) is 3.27. The number of aromatic nitrogens is 1. The molecule has 2 aromatic carbocycles. The number of hydrogen-bond acceptors (Lipinski definition) is 2. The first-order chi connectivity index (χ1) is 11.2. The maximum atomic E-state index is 5.06. The van der Waals surface area contributed by atoms with E-state index in [4.69, 9.17) is 12.2 Å². The van der Waals surface area contributed by atoms with Gasteiger partial charge >= 0.3 is 0 Å². The third-order valence-electron chi connectivity index (χ3n) is 3.78. The summed E-state index contributed by atoms with van der Waals surface area (Å²) in [5.41, 5.74) is 7.34. The second-order valence-electron chi connectivity index (χ2n) is 5.15. The van der Waals surface area contributed by atoms with E-state index in [1.807, 2.05) is 36.5 Å². The molecule has 1 heterocycles. The molecule has 23 heavy (non-hydrogen) atoms. The van der Waals surface area contributed by atoms with Crippen molar-refractivity contribution in [2.45, 2.75) is 0 Å². The lowest BCUT2D eigenvalue weighted by molar-refractivity contribution is 0.972. The fourth-order valence-electron chi connectivity index (χ4n) is 2.71. The second-order valence-corrected chi connectivity index (χ2v) is 5.56. The van der Waals surface area contributed by atoms with E-state index in [0.29, 0.717) is 5.11 Å². The minimum absolute atomic E-state index is 0.489. The Morgan fingerprint density at radius 3 is 2.52 bits per heavy atom. The predicted molar refractivity (Wildman–Crippen MR) is 101 cm³/mol. The van der Waals surface area contributed by atoms with Crippen LogP contribution in [0.5, 0.6) is 0 Å². The van der Waals surface area contributed by atoms with Crippen molar-refractivity contribution >= 4 is 34.4 Å². The smallest absolute Gasteiger partial charge is 0.186 e. The van der Waals surface area contributed by atoms with Crippen molar-refractivity contribution < 1.29 is 0 Å². The molecule has 0 spiro atoms. The van der Waals surface area contributed by atoms with E-state index in [1.54, 1.807) is 7.05 Å². The maximum Gasteiger partial charge on any atom is 0.186 e. The highest BCUT2D eigenvalue weighted by Crippen LogP contribution is 2.31. The number of hydrogen-bond donors (Lipinski definition) is 2. The van der Waals surface area contributed by atoms with Gasteiger partial charge in [0, 0.05) is 30.6 Å². The summed E-state index contributed by atoms with van der Waals surface area (Å²) >= 11 is 5.06. The molecule has 0 aliphatic rings. The van der Waals surface area contributed by atoms with E-state index in [1.165, 1.54) is 5.52 Å². The van der Waals surface area contributed by atoms with Crippen LogP contribution in [0.3, 0.4) is 0 Å². The molecule has 0 fully saturated rings. The van der Waals surface area contributed by atoms with Crippen LogP contribution >= 0.6 is 12.2 Å². The third-order valence-corrected chi connectivity index (χ3v) is 4.08. The number of rotatable bonds is 3. The molecular weight excluding hydrogens is 304 g/mol. The summed E-state index contributed by atoms with van der Waals surface area (Å²) in [7, 11) is 3.84. The van der Waals surface area contributed by atoms with Gasteiger partial charge in [-0.05, 0) is 23.8 Å². The molecule has 116 valence electrons. The molecule has 0 radical (unpaired) electrons. The first-order valence-electron chi connectivity index (χ1n) is 7.36. The molecule has 2 N–H and O–H groups in total. The largest absolute Gasteiger partial charge is 0.364 e. The molecule has 5 heteroatoms. The molecule has 3 aromatic rings. The van der Waals surface area contributed by atoms with Gasteiger partial charge < -0.3 is 9.88 Å². The van der Waals surface area contributed by atoms with Crippen molar-refractivity contribution in [1.82, 2.24) is 15.3 Å². The van der Waals surface area contributed by atoms with E-state index in [-0.39, 0.29) is 0 Å². The maximum absolute atomic E-state index is 5.06. The van der Waals surface area contributed by atoms with Gasteiger partial charge in [0.05, 0.1) is 11.9 Å². The van der Waals surface area contributed by atoms with Gasteiger partial charge in [0.25, 0.3) is 0 Å². The Balaban J connectivity index is 2.16. The van der Waals surface area contributed by atoms with Crippen LogP contribution in [-0.2, 0) is 7.05 Å². The van der Waals surface area contributed by atoms with Crippen LogP contribution < -0.4 is 10.7 Å². The van der Waals surface area contributed by atoms with Gasteiger partial charge in [-0.15, -0.1) is 0 Å². The highest BCUT2D eigenvalue weighted by Gasteiger charge is 2.14. The van der Waals surface area contributed by atoms with E-state index in [9.17, 15) is 0 Å². The number of nitrogens with one attached hydrogen (secondary N) is 2. The Kier molecular flexibility index (Phi) is 4.39. The Morgan fingerprint density at radius 1 is 1.09 bits per heavy atom. The summed E-state index contributed by atoms with van der Waals surface area (Å²) < 4.78 is 2.20. The summed E-state index contributed by atoms with van der Waals surface area (Å²) in [6.45, 7) is 0. The Labute approximate surface area is 140 Å². The van der Waals surface area contributed by atoms with Gasteiger partial charge in [0.2, 0.25) is 0 Å². The van der Waals surface area contributed by atoms with Crippen LogP contribution in [0.1, 0.15) is 5.56 Å². The lowest BCUT2D eigenvalue weighted by Gasteiger charge is -2.06. The van der Waals surface area contributed by atoms with E-state index in [2.05, 4.69) is 51.7 Å². The molecule has 4 nitrogen and oxygen atoms in total. The molecule has 0 bridgehead atoms. The van der Waals surface area contributed by atoms with Crippen LogP contribution in [-0.4, -0.2) is 22.9 Å². The molecule has 0 aliphatic carbocycles. The first-order valence-corrected chi connectivity index (χ1v) is 7.77. The van der Waals surface area contributed by atoms with Crippen molar-refractivity contribution in [2.24, 2.45) is 12.1 Å². The third kappa shape index (κ3) is 2.96. The molecule has 0 saturated heterocycles. The minimum atomic E-state index is 0.489. The minimum Gasteiger partial charge on any atom is -0.364 e. The fraction of sp³-hybridized carbons (Fsp3) is 0.111. The van der Waals surface area contributed by atoms with E-state index < -0.39 is 0 Å². The van der Waals surface area contributed by atoms with Crippen molar-refractivity contribution in [1.29, 1.82) is 0 Å². The lowest BCUT2D eigenvalue weighted by Crippen LogP contribution is -2.28. The van der Waals surface area contributed by atoms with Gasteiger partial charge in [0.15, 0.2) is 5.11 Å². The molecule has 0 amide bonds. The second kappa shape index (κ2) is 6.62. The number of thiocarbonyl (C=S) groups is 1. The van der Waals surface area contributed by atoms with Crippen molar-refractivity contribution in [3.05, 3.63) is 60.2 Å². The van der Waals surface area contributed by atoms with Crippen LogP contribution in [0.4, 0.5) is 0 Å². The topological polar surface area (TPSA) is 41.4 Å². The summed E-state index contributed by atoms with van der Waals surface area (Å²) in [5.74, 6) is 0. The van der Waals surface area contributed by atoms with Crippen LogP contribution in [0.2, 0.25) is 0 Å². The molecule has 1 aromatic heterocycles. The molecule has 0 aliphatic heterocycles. The standard InChI is InChI=1S/C18H18N4S/c1-19-18(23)21-20-12-15-14-10-6-7-11-16(14)22(2)17(15)13-8-4-3-5-9-13/h3-12H,1-2H3,(H2,19,21,23)/b20-12+. The SMILES string of the molecule is CNC(=S)N/N=C/c1c(-c2ccccc2)n(C)c2ccccc12. The van der Waals surface area contributed by atoms with Crippen molar-refractivity contribution in [3.63, 3.8) is 0 Å². The number of aryl methyl sites for hydroxylation is 1. The van der Waals surface area contributed by atoms with E-state index in [0.717, 1.165) is 22.2 Å². The number of fused-ring (bicyclic) bond motifs is 1. The normalized spacial score (nSPS) is 11.0. The Hall–Kier alpha value is -2.66. The summed E-state index contributed by atoms with van der Waals surface area (Å²) in [4.78, 5) is 0. The number of hydrazone groups is 1. The number of benzene rings is 2. The zero-order chi connectivity index (χ0) is 16.2. The first kappa shape index (κ1) is 15.2. The van der Waals surface area contributed by atoms with Gasteiger partial charge in [-0.25, -0.2) is 0 Å². The number of nitrogens with zero attached hydrogens (tertiary/aromatic N) is 2.